The fraction of sp³-hybridized carbons (Fsp3) is 0.125. The van der Waals surface area contributed by atoms with Gasteiger partial charge in [-0.3, -0.25) is 9.89 Å². The molecular weight excluding hydrogens is 314 g/mol. The van der Waals surface area contributed by atoms with Crippen molar-refractivity contribution in [3.63, 3.8) is 0 Å². The highest BCUT2D eigenvalue weighted by Crippen LogP contribution is 2.30. The first-order valence-corrected chi connectivity index (χ1v) is 7.72. The van der Waals surface area contributed by atoms with Gasteiger partial charge in [-0.1, -0.05) is 6.07 Å². The number of nitrogens with one attached hydrogen (secondary N) is 2. The molecule has 0 aliphatic heterocycles. The van der Waals surface area contributed by atoms with Gasteiger partial charge in [-0.05, 0) is 29.6 Å². The Morgan fingerprint density at radius 3 is 2.70 bits per heavy atom. The molecule has 118 valence electrons. The van der Waals surface area contributed by atoms with Crippen molar-refractivity contribution < 1.29 is 14.3 Å². The standard InChI is InChI=1S/C16H15N3O3S/c1-21-13-6-5-10(8-14(13)22-2)17-16(20)12-9-11(18-19-12)15-4-3-7-23-15/h3-9H,1-2H3,(H,17,20)(H,18,19). The number of hydrogen-bond acceptors (Lipinski definition) is 5. The minimum absolute atomic E-state index is 0.295. The van der Waals surface area contributed by atoms with Crippen LogP contribution in [-0.2, 0) is 0 Å². The van der Waals surface area contributed by atoms with Gasteiger partial charge in [-0.2, -0.15) is 5.10 Å². The summed E-state index contributed by atoms with van der Waals surface area (Å²) in [6.07, 6.45) is 0. The summed E-state index contributed by atoms with van der Waals surface area (Å²) in [7, 11) is 3.11. The third-order valence-electron chi connectivity index (χ3n) is 3.24. The number of aromatic nitrogens is 2. The van der Waals surface area contributed by atoms with Crippen LogP contribution in [0.3, 0.4) is 0 Å². The Bertz CT molecular complexity index is 812. The zero-order chi connectivity index (χ0) is 16.2. The molecule has 0 aliphatic rings. The average Bonchev–Trinajstić information content (AvgIpc) is 3.25. The summed E-state index contributed by atoms with van der Waals surface area (Å²) in [5.41, 5.74) is 1.74. The molecule has 3 rings (SSSR count). The molecule has 0 radical (unpaired) electrons. The Balaban J connectivity index is 1.77. The minimum Gasteiger partial charge on any atom is -0.493 e. The van der Waals surface area contributed by atoms with Gasteiger partial charge in [0.1, 0.15) is 0 Å². The lowest BCUT2D eigenvalue weighted by Crippen LogP contribution is -2.12. The van der Waals surface area contributed by atoms with Crippen molar-refractivity contribution in [1.82, 2.24) is 10.2 Å². The van der Waals surface area contributed by atoms with E-state index in [1.807, 2.05) is 17.5 Å². The predicted octanol–water partition coefficient (Wildman–Crippen LogP) is 3.41. The number of amides is 1. The molecule has 6 nitrogen and oxygen atoms in total. The van der Waals surface area contributed by atoms with E-state index in [9.17, 15) is 4.79 Å². The molecule has 0 atom stereocenters. The Labute approximate surface area is 137 Å². The summed E-state index contributed by atoms with van der Waals surface area (Å²) in [6.45, 7) is 0. The summed E-state index contributed by atoms with van der Waals surface area (Å²) in [6, 6.07) is 10.8. The zero-order valence-electron chi connectivity index (χ0n) is 12.6. The average molecular weight is 329 g/mol. The summed E-state index contributed by atoms with van der Waals surface area (Å²) in [5, 5.41) is 11.7. The highest BCUT2D eigenvalue weighted by molar-refractivity contribution is 7.13. The van der Waals surface area contributed by atoms with Gasteiger partial charge in [0.25, 0.3) is 5.91 Å². The smallest absolute Gasteiger partial charge is 0.276 e. The van der Waals surface area contributed by atoms with Gasteiger partial charge in [0.15, 0.2) is 17.2 Å². The highest BCUT2D eigenvalue weighted by atomic mass is 32.1. The van der Waals surface area contributed by atoms with Crippen LogP contribution in [-0.4, -0.2) is 30.3 Å². The van der Waals surface area contributed by atoms with Crippen LogP contribution < -0.4 is 14.8 Å². The molecule has 1 amide bonds. The van der Waals surface area contributed by atoms with Crippen molar-refractivity contribution in [2.45, 2.75) is 0 Å². The van der Waals surface area contributed by atoms with Crippen molar-refractivity contribution in [2.75, 3.05) is 19.5 Å². The number of benzene rings is 1. The van der Waals surface area contributed by atoms with E-state index in [1.54, 1.807) is 49.8 Å². The van der Waals surface area contributed by atoms with Crippen molar-refractivity contribution in [3.8, 4) is 22.1 Å². The molecule has 3 aromatic rings. The molecule has 0 spiro atoms. The third kappa shape index (κ3) is 3.19. The van der Waals surface area contributed by atoms with E-state index in [2.05, 4.69) is 15.5 Å². The summed E-state index contributed by atoms with van der Waals surface area (Å²) < 4.78 is 10.4. The molecule has 0 aliphatic carbocycles. The van der Waals surface area contributed by atoms with E-state index < -0.39 is 0 Å². The van der Waals surface area contributed by atoms with E-state index in [1.165, 1.54) is 0 Å². The fourth-order valence-electron chi connectivity index (χ4n) is 2.11. The van der Waals surface area contributed by atoms with Crippen LogP contribution in [0.4, 0.5) is 5.69 Å². The number of hydrogen-bond donors (Lipinski definition) is 2. The van der Waals surface area contributed by atoms with Gasteiger partial charge in [-0.15, -0.1) is 11.3 Å². The number of H-pyrrole nitrogens is 1. The van der Waals surface area contributed by atoms with Crippen LogP contribution in [0.5, 0.6) is 11.5 Å². The molecular formula is C16H15N3O3S. The number of nitrogens with zero attached hydrogens (tertiary/aromatic N) is 1. The lowest BCUT2D eigenvalue weighted by atomic mass is 10.2. The molecule has 0 saturated carbocycles. The number of carbonyl (C=O) groups is 1. The van der Waals surface area contributed by atoms with E-state index in [0.29, 0.717) is 22.9 Å². The molecule has 1 aromatic carbocycles. The zero-order valence-corrected chi connectivity index (χ0v) is 13.4. The molecule has 0 fully saturated rings. The van der Waals surface area contributed by atoms with E-state index in [0.717, 1.165) is 10.6 Å². The second-order valence-corrected chi connectivity index (χ2v) is 5.62. The van der Waals surface area contributed by atoms with Gasteiger partial charge >= 0.3 is 0 Å². The number of ether oxygens (including phenoxy) is 2. The van der Waals surface area contributed by atoms with Crippen molar-refractivity contribution in [1.29, 1.82) is 0 Å². The molecule has 0 unspecified atom stereocenters. The Morgan fingerprint density at radius 1 is 1.17 bits per heavy atom. The highest BCUT2D eigenvalue weighted by Gasteiger charge is 2.13. The van der Waals surface area contributed by atoms with Crippen LogP contribution in [0.15, 0.2) is 41.8 Å². The van der Waals surface area contributed by atoms with Crippen LogP contribution in [0.2, 0.25) is 0 Å². The number of methoxy groups -OCH3 is 2. The first-order valence-electron chi connectivity index (χ1n) is 6.84. The van der Waals surface area contributed by atoms with Crippen molar-refractivity contribution >= 4 is 22.9 Å². The number of aromatic amines is 1. The van der Waals surface area contributed by atoms with Crippen molar-refractivity contribution in [2.24, 2.45) is 0 Å². The van der Waals surface area contributed by atoms with E-state index in [-0.39, 0.29) is 5.91 Å². The fourth-order valence-corrected chi connectivity index (χ4v) is 2.80. The minimum atomic E-state index is -0.295. The van der Waals surface area contributed by atoms with Crippen LogP contribution in [0.25, 0.3) is 10.6 Å². The van der Waals surface area contributed by atoms with E-state index in [4.69, 9.17) is 9.47 Å². The molecule has 2 N–H and O–H groups in total. The van der Waals surface area contributed by atoms with Crippen LogP contribution in [0, 0.1) is 0 Å². The second kappa shape index (κ2) is 6.53. The molecule has 2 heterocycles. The lowest BCUT2D eigenvalue weighted by molar-refractivity contribution is 0.102. The maximum Gasteiger partial charge on any atom is 0.276 e. The van der Waals surface area contributed by atoms with Gasteiger partial charge in [0.05, 0.1) is 24.8 Å². The number of rotatable bonds is 5. The Morgan fingerprint density at radius 2 is 2.00 bits per heavy atom. The van der Waals surface area contributed by atoms with Gasteiger partial charge < -0.3 is 14.8 Å². The molecule has 23 heavy (non-hydrogen) atoms. The topological polar surface area (TPSA) is 76.2 Å². The van der Waals surface area contributed by atoms with Gasteiger partial charge in [0, 0.05) is 11.8 Å². The SMILES string of the molecule is COc1ccc(NC(=O)c2cc(-c3cccs3)[nH]n2)cc1OC. The molecule has 0 bridgehead atoms. The molecule has 7 heteroatoms. The first-order chi connectivity index (χ1) is 11.2. The third-order valence-corrected chi connectivity index (χ3v) is 4.14. The first kappa shape index (κ1) is 15.1. The van der Waals surface area contributed by atoms with Gasteiger partial charge in [-0.25, -0.2) is 0 Å². The number of thiophene rings is 1. The van der Waals surface area contributed by atoms with Crippen LogP contribution >= 0.6 is 11.3 Å². The summed E-state index contributed by atoms with van der Waals surface area (Å²) >= 11 is 1.58. The molecule has 2 aromatic heterocycles. The number of carbonyl (C=O) groups excluding carboxylic acids is 1. The monoisotopic (exact) mass is 329 g/mol. The maximum absolute atomic E-state index is 12.3. The van der Waals surface area contributed by atoms with E-state index >= 15 is 0 Å². The van der Waals surface area contributed by atoms with Crippen molar-refractivity contribution in [3.05, 3.63) is 47.5 Å². The summed E-state index contributed by atoms with van der Waals surface area (Å²) in [5.74, 6) is 0.855. The van der Waals surface area contributed by atoms with Crippen LogP contribution in [0.1, 0.15) is 10.5 Å². The Kier molecular flexibility index (Phi) is 4.29. The normalized spacial score (nSPS) is 10.3. The number of anilines is 1. The predicted molar refractivity (Wildman–Crippen MR) is 89.4 cm³/mol. The molecule has 0 saturated heterocycles. The Hall–Kier alpha value is -2.80. The quantitative estimate of drug-likeness (QED) is 0.752. The maximum atomic E-state index is 12.3. The second-order valence-electron chi connectivity index (χ2n) is 4.67. The van der Waals surface area contributed by atoms with Gasteiger partial charge in [0.2, 0.25) is 0 Å². The summed E-state index contributed by atoms with van der Waals surface area (Å²) in [4.78, 5) is 13.3. The largest absolute Gasteiger partial charge is 0.493 e. The lowest BCUT2D eigenvalue weighted by Gasteiger charge is -2.09.